The Labute approximate surface area is 137 Å². The van der Waals surface area contributed by atoms with Crippen LogP contribution in [0.1, 0.15) is 23.6 Å². The molecule has 1 aromatic heterocycles. The number of aromatic nitrogens is 2. The third-order valence-corrected chi connectivity index (χ3v) is 4.19. The Morgan fingerprint density at radius 3 is 2.50 bits per heavy atom. The summed E-state index contributed by atoms with van der Waals surface area (Å²) < 4.78 is 7.12. The standard InChI is InChI=1S/C16H18N4O4/c1-19-14(21)13(15(22)20(2)16(19)23)12-8-11(17-18-12)9-4-6-10(24-3)7-5-9/h4-7,11,17,21H,8H2,1-3H3/t11-/m1/s1. The predicted octanol–water partition coefficient (Wildman–Crippen LogP) is 0.237. The van der Waals surface area contributed by atoms with E-state index in [1.807, 2.05) is 24.3 Å². The lowest BCUT2D eigenvalue weighted by atomic mass is 10.00. The van der Waals surface area contributed by atoms with Crippen LogP contribution in [-0.2, 0) is 14.1 Å². The number of methoxy groups -OCH3 is 1. The number of hydrogen-bond acceptors (Lipinski definition) is 6. The molecule has 2 aromatic rings. The van der Waals surface area contributed by atoms with E-state index in [4.69, 9.17) is 4.74 Å². The van der Waals surface area contributed by atoms with Crippen molar-refractivity contribution >= 4 is 5.71 Å². The monoisotopic (exact) mass is 330 g/mol. The van der Waals surface area contributed by atoms with Gasteiger partial charge in [-0.3, -0.25) is 13.9 Å². The average Bonchev–Trinajstić information content (AvgIpc) is 3.08. The highest BCUT2D eigenvalue weighted by Gasteiger charge is 2.27. The Morgan fingerprint density at radius 1 is 1.21 bits per heavy atom. The van der Waals surface area contributed by atoms with E-state index in [1.54, 1.807) is 7.11 Å². The molecule has 8 nitrogen and oxygen atoms in total. The number of ether oxygens (including phenoxy) is 1. The van der Waals surface area contributed by atoms with Gasteiger partial charge in [0.25, 0.3) is 5.56 Å². The molecule has 2 N–H and O–H groups in total. The zero-order chi connectivity index (χ0) is 17.4. The van der Waals surface area contributed by atoms with E-state index >= 15 is 0 Å². The molecule has 0 aliphatic carbocycles. The van der Waals surface area contributed by atoms with E-state index in [0.29, 0.717) is 12.1 Å². The maximum Gasteiger partial charge on any atom is 0.333 e. The Hall–Kier alpha value is -3.03. The van der Waals surface area contributed by atoms with Crippen LogP contribution in [0.4, 0.5) is 0 Å². The number of aromatic hydroxyl groups is 1. The summed E-state index contributed by atoms with van der Waals surface area (Å²) >= 11 is 0. The molecule has 3 rings (SSSR count). The predicted molar refractivity (Wildman–Crippen MR) is 88.6 cm³/mol. The third kappa shape index (κ3) is 2.45. The minimum atomic E-state index is -0.584. The number of nitrogens with zero attached hydrogens (tertiary/aromatic N) is 3. The maximum absolute atomic E-state index is 12.3. The number of benzene rings is 1. The van der Waals surface area contributed by atoms with Crippen molar-refractivity contribution in [2.24, 2.45) is 19.2 Å². The van der Waals surface area contributed by atoms with Gasteiger partial charge in [-0.25, -0.2) is 4.79 Å². The molecule has 0 unspecified atom stereocenters. The van der Waals surface area contributed by atoms with Gasteiger partial charge in [0.15, 0.2) is 0 Å². The van der Waals surface area contributed by atoms with Crippen LogP contribution in [-0.4, -0.2) is 27.1 Å². The summed E-state index contributed by atoms with van der Waals surface area (Å²) in [5, 5.41) is 14.4. The molecule has 1 aliphatic rings. The SMILES string of the molecule is COc1ccc([C@H]2CC(c3c(O)n(C)c(=O)n(C)c3=O)=NN2)cc1. The molecular weight excluding hydrogens is 312 g/mol. The van der Waals surface area contributed by atoms with Gasteiger partial charge >= 0.3 is 5.69 Å². The average molecular weight is 330 g/mol. The number of hydrogen-bond donors (Lipinski definition) is 2. The highest BCUT2D eigenvalue weighted by molar-refractivity contribution is 6.03. The van der Waals surface area contributed by atoms with E-state index in [-0.39, 0.29) is 17.5 Å². The molecule has 0 fully saturated rings. The topological polar surface area (TPSA) is 97.9 Å². The van der Waals surface area contributed by atoms with Crippen LogP contribution >= 0.6 is 0 Å². The summed E-state index contributed by atoms with van der Waals surface area (Å²) in [6.45, 7) is 0. The minimum absolute atomic E-state index is 0.0445. The van der Waals surface area contributed by atoms with E-state index in [2.05, 4.69) is 10.5 Å². The first-order chi connectivity index (χ1) is 11.4. The Bertz CT molecular complexity index is 925. The zero-order valence-corrected chi connectivity index (χ0v) is 13.6. The molecule has 0 saturated carbocycles. The van der Waals surface area contributed by atoms with Gasteiger partial charge in [0.2, 0.25) is 5.88 Å². The highest BCUT2D eigenvalue weighted by atomic mass is 16.5. The molecule has 8 heteroatoms. The third-order valence-electron chi connectivity index (χ3n) is 4.19. The molecule has 126 valence electrons. The molecule has 0 bridgehead atoms. The highest BCUT2D eigenvalue weighted by Crippen LogP contribution is 2.27. The molecule has 0 amide bonds. The number of nitrogens with one attached hydrogen (secondary N) is 1. The molecule has 24 heavy (non-hydrogen) atoms. The first-order valence-electron chi connectivity index (χ1n) is 7.39. The van der Waals surface area contributed by atoms with E-state index < -0.39 is 11.2 Å². The number of hydrazone groups is 1. The Kier molecular flexibility index (Phi) is 3.88. The van der Waals surface area contributed by atoms with E-state index in [0.717, 1.165) is 20.4 Å². The first-order valence-corrected chi connectivity index (χ1v) is 7.39. The van der Waals surface area contributed by atoms with Gasteiger partial charge in [0, 0.05) is 20.5 Å². The van der Waals surface area contributed by atoms with Gasteiger partial charge < -0.3 is 15.3 Å². The van der Waals surface area contributed by atoms with Crippen LogP contribution in [0.5, 0.6) is 11.6 Å². The minimum Gasteiger partial charge on any atom is -0.497 e. The van der Waals surface area contributed by atoms with Crippen molar-refractivity contribution in [3.05, 3.63) is 56.2 Å². The fraction of sp³-hybridized carbons (Fsp3) is 0.312. The van der Waals surface area contributed by atoms with Gasteiger partial charge in [-0.2, -0.15) is 5.10 Å². The summed E-state index contributed by atoms with van der Waals surface area (Å²) in [6.07, 6.45) is 0.424. The van der Waals surface area contributed by atoms with Crippen molar-refractivity contribution in [2.75, 3.05) is 7.11 Å². The molecule has 2 heterocycles. The van der Waals surface area contributed by atoms with Gasteiger partial charge in [-0.1, -0.05) is 12.1 Å². The Balaban J connectivity index is 1.94. The van der Waals surface area contributed by atoms with Gasteiger partial charge in [-0.15, -0.1) is 0 Å². The summed E-state index contributed by atoms with van der Waals surface area (Å²) in [5.74, 6) is 0.376. The normalized spacial score (nSPS) is 16.6. The van der Waals surface area contributed by atoms with Gasteiger partial charge in [0.1, 0.15) is 11.3 Å². The smallest absolute Gasteiger partial charge is 0.333 e. The molecule has 1 aromatic carbocycles. The number of rotatable bonds is 3. The van der Waals surface area contributed by atoms with Gasteiger partial charge in [-0.05, 0) is 17.7 Å². The fourth-order valence-corrected chi connectivity index (χ4v) is 2.71. The van der Waals surface area contributed by atoms with Crippen molar-refractivity contribution in [3.63, 3.8) is 0 Å². The van der Waals surface area contributed by atoms with Gasteiger partial charge in [0.05, 0.1) is 18.9 Å². The molecule has 0 radical (unpaired) electrons. The van der Waals surface area contributed by atoms with Crippen LogP contribution in [0.15, 0.2) is 39.0 Å². The van der Waals surface area contributed by atoms with Crippen molar-refractivity contribution in [1.82, 2.24) is 14.6 Å². The summed E-state index contributed by atoms with van der Waals surface area (Å²) in [6, 6.07) is 7.39. The van der Waals surface area contributed by atoms with E-state index in [9.17, 15) is 14.7 Å². The van der Waals surface area contributed by atoms with Crippen LogP contribution in [0.3, 0.4) is 0 Å². The quantitative estimate of drug-likeness (QED) is 0.840. The lowest BCUT2D eigenvalue weighted by molar-refractivity contribution is 0.410. The maximum atomic E-state index is 12.3. The van der Waals surface area contributed by atoms with Crippen molar-refractivity contribution < 1.29 is 9.84 Å². The van der Waals surface area contributed by atoms with Crippen molar-refractivity contribution in [2.45, 2.75) is 12.5 Å². The van der Waals surface area contributed by atoms with Crippen LogP contribution in [0, 0.1) is 0 Å². The van der Waals surface area contributed by atoms with Crippen LogP contribution < -0.4 is 21.4 Å². The zero-order valence-electron chi connectivity index (χ0n) is 13.6. The molecule has 0 saturated heterocycles. The second kappa shape index (κ2) is 5.88. The summed E-state index contributed by atoms with van der Waals surface area (Å²) in [5.41, 5.74) is 3.27. The molecule has 1 atom stereocenters. The van der Waals surface area contributed by atoms with Crippen LogP contribution in [0.2, 0.25) is 0 Å². The lowest BCUT2D eigenvalue weighted by Crippen LogP contribution is -2.39. The summed E-state index contributed by atoms with van der Waals surface area (Å²) in [4.78, 5) is 24.2. The molecular formula is C16H18N4O4. The second-order valence-electron chi connectivity index (χ2n) is 5.62. The lowest BCUT2D eigenvalue weighted by Gasteiger charge is -2.12. The fourth-order valence-electron chi connectivity index (χ4n) is 2.71. The first kappa shape index (κ1) is 15.9. The molecule has 1 aliphatic heterocycles. The largest absolute Gasteiger partial charge is 0.497 e. The van der Waals surface area contributed by atoms with Crippen molar-refractivity contribution in [3.8, 4) is 11.6 Å². The van der Waals surface area contributed by atoms with Crippen LogP contribution in [0.25, 0.3) is 0 Å². The second-order valence-corrected chi connectivity index (χ2v) is 5.62. The molecule has 0 spiro atoms. The van der Waals surface area contributed by atoms with Crippen molar-refractivity contribution in [1.29, 1.82) is 0 Å². The Morgan fingerprint density at radius 2 is 1.88 bits per heavy atom. The van der Waals surface area contributed by atoms with E-state index in [1.165, 1.54) is 14.1 Å². The summed E-state index contributed by atoms with van der Waals surface area (Å²) in [7, 11) is 4.38.